The molecule has 4 rings (SSSR count). The average molecular weight is 397 g/mol. The zero-order valence-electron chi connectivity index (χ0n) is 17.3. The minimum Gasteiger partial charge on any atom is -0.496 e. The molecule has 2 heterocycles. The van der Waals surface area contributed by atoms with Gasteiger partial charge in [-0.2, -0.15) is 0 Å². The maximum absolute atomic E-state index is 12.7. The van der Waals surface area contributed by atoms with E-state index in [-0.39, 0.29) is 11.8 Å². The van der Waals surface area contributed by atoms with E-state index in [1.165, 1.54) is 18.4 Å². The molecule has 6 heteroatoms. The molecule has 29 heavy (non-hydrogen) atoms. The van der Waals surface area contributed by atoms with Gasteiger partial charge in [0.15, 0.2) is 0 Å². The lowest BCUT2D eigenvalue weighted by Gasteiger charge is -2.33. The van der Waals surface area contributed by atoms with Crippen LogP contribution in [0, 0.1) is 5.92 Å². The van der Waals surface area contributed by atoms with Gasteiger partial charge in [-0.25, -0.2) is 4.98 Å². The third-order valence-corrected chi connectivity index (χ3v) is 6.35. The van der Waals surface area contributed by atoms with Crippen LogP contribution in [0.1, 0.15) is 49.7 Å². The Labute approximate surface area is 173 Å². The fraction of sp³-hybridized carbons (Fsp3) is 0.565. The topological polar surface area (TPSA) is 59.4 Å². The summed E-state index contributed by atoms with van der Waals surface area (Å²) >= 11 is 0. The molecule has 1 aliphatic carbocycles. The number of hydrogen-bond acceptors (Lipinski definition) is 4. The number of imidazole rings is 1. The molecule has 1 saturated carbocycles. The van der Waals surface area contributed by atoms with E-state index in [1.54, 1.807) is 13.3 Å². The highest BCUT2D eigenvalue weighted by atomic mass is 16.5. The average Bonchev–Trinajstić information content (AvgIpc) is 3.41. The van der Waals surface area contributed by atoms with Crippen LogP contribution in [0.4, 0.5) is 0 Å². The maximum Gasteiger partial charge on any atom is 0.224 e. The number of methoxy groups -OCH3 is 1. The van der Waals surface area contributed by atoms with Gasteiger partial charge in [-0.05, 0) is 49.9 Å². The van der Waals surface area contributed by atoms with Crippen molar-refractivity contribution in [2.75, 3.05) is 20.2 Å². The molecule has 156 valence electrons. The van der Waals surface area contributed by atoms with Crippen molar-refractivity contribution < 1.29 is 9.53 Å². The van der Waals surface area contributed by atoms with Gasteiger partial charge in [0.2, 0.25) is 5.91 Å². The molecule has 1 aliphatic heterocycles. The summed E-state index contributed by atoms with van der Waals surface area (Å²) in [6.45, 7) is 3.52. The third-order valence-electron chi connectivity index (χ3n) is 6.35. The van der Waals surface area contributed by atoms with Crippen molar-refractivity contribution in [1.82, 2.24) is 19.8 Å². The number of ether oxygens (including phenoxy) is 1. The molecule has 2 aliphatic rings. The van der Waals surface area contributed by atoms with Crippen molar-refractivity contribution in [2.24, 2.45) is 5.92 Å². The Bertz CT molecular complexity index is 805. The van der Waals surface area contributed by atoms with E-state index in [2.05, 4.69) is 38.0 Å². The van der Waals surface area contributed by atoms with E-state index < -0.39 is 0 Å². The number of carbonyl (C=O) groups excluding carboxylic acids is 1. The molecule has 1 saturated heterocycles. The zero-order chi connectivity index (χ0) is 20.1. The molecule has 2 aromatic rings. The standard InChI is InChI=1S/C23H32N4O2/c1-29-22-9-8-18(14-19(22)16-26-13-11-24-17-26)15-27-12-4-2-3-10-25-23(28)20-6-5-7-21(20)27/h8-9,11,13-14,17,20-21H,2-7,10,12,15-16H2,1H3,(H,25,28)/t20-,21+/m1/s1. The monoisotopic (exact) mass is 396 g/mol. The van der Waals surface area contributed by atoms with Crippen LogP contribution >= 0.6 is 0 Å². The fourth-order valence-electron chi connectivity index (χ4n) is 4.87. The summed E-state index contributed by atoms with van der Waals surface area (Å²) in [7, 11) is 1.72. The first-order valence-corrected chi connectivity index (χ1v) is 10.9. The number of rotatable bonds is 5. The maximum atomic E-state index is 12.7. The summed E-state index contributed by atoms with van der Waals surface area (Å²) in [5.41, 5.74) is 2.44. The van der Waals surface area contributed by atoms with Gasteiger partial charge >= 0.3 is 0 Å². The van der Waals surface area contributed by atoms with Gasteiger partial charge in [0.05, 0.1) is 25.9 Å². The van der Waals surface area contributed by atoms with Gasteiger partial charge in [0.1, 0.15) is 5.75 Å². The van der Waals surface area contributed by atoms with Crippen LogP contribution in [0.3, 0.4) is 0 Å². The normalized spacial score (nSPS) is 23.4. The number of amides is 1. The van der Waals surface area contributed by atoms with E-state index in [4.69, 9.17) is 4.74 Å². The van der Waals surface area contributed by atoms with E-state index in [1.807, 2.05) is 12.5 Å². The quantitative estimate of drug-likeness (QED) is 0.843. The molecule has 0 radical (unpaired) electrons. The Morgan fingerprint density at radius 3 is 2.93 bits per heavy atom. The lowest BCUT2D eigenvalue weighted by Crippen LogP contribution is -2.45. The Morgan fingerprint density at radius 2 is 2.10 bits per heavy atom. The first-order chi connectivity index (χ1) is 14.2. The smallest absolute Gasteiger partial charge is 0.224 e. The zero-order valence-corrected chi connectivity index (χ0v) is 17.3. The molecule has 0 unspecified atom stereocenters. The number of carbonyl (C=O) groups is 1. The summed E-state index contributed by atoms with van der Waals surface area (Å²) in [5.74, 6) is 1.30. The summed E-state index contributed by atoms with van der Waals surface area (Å²) in [6, 6.07) is 6.84. The number of fused-ring (bicyclic) bond motifs is 1. The predicted molar refractivity (Wildman–Crippen MR) is 113 cm³/mol. The number of benzene rings is 1. The van der Waals surface area contributed by atoms with Crippen molar-refractivity contribution in [2.45, 2.75) is 57.7 Å². The highest BCUT2D eigenvalue weighted by Crippen LogP contribution is 2.32. The summed E-state index contributed by atoms with van der Waals surface area (Å²) < 4.78 is 7.65. The molecule has 1 N–H and O–H groups in total. The van der Waals surface area contributed by atoms with Crippen molar-refractivity contribution in [3.8, 4) is 5.75 Å². The minimum absolute atomic E-state index is 0.136. The number of hydrogen-bond donors (Lipinski definition) is 1. The molecule has 0 spiro atoms. The SMILES string of the molecule is COc1ccc(CN2CCCCCNC(=O)[C@@H]3CCC[C@@H]32)cc1Cn1ccnc1. The van der Waals surface area contributed by atoms with Crippen molar-refractivity contribution >= 4 is 5.91 Å². The van der Waals surface area contributed by atoms with Crippen molar-refractivity contribution in [1.29, 1.82) is 0 Å². The Morgan fingerprint density at radius 1 is 1.17 bits per heavy atom. The first-order valence-electron chi connectivity index (χ1n) is 10.9. The number of aromatic nitrogens is 2. The molecular formula is C23H32N4O2. The summed E-state index contributed by atoms with van der Waals surface area (Å²) in [6.07, 6.45) is 12.3. The lowest BCUT2D eigenvalue weighted by atomic mass is 9.98. The Balaban J connectivity index is 1.54. The molecule has 6 nitrogen and oxygen atoms in total. The molecule has 1 aromatic carbocycles. The van der Waals surface area contributed by atoms with Crippen LogP contribution in [-0.4, -0.2) is 46.6 Å². The predicted octanol–water partition coefficient (Wildman–Crippen LogP) is 3.21. The van der Waals surface area contributed by atoms with Crippen LogP contribution in [0.5, 0.6) is 5.75 Å². The molecular weight excluding hydrogens is 364 g/mol. The Hall–Kier alpha value is -2.34. The van der Waals surface area contributed by atoms with Crippen molar-refractivity contribution in [3.63, 3.8) is 0 Å². The second kappa shape index (κ2) is 9.44. The van der Waals surface area contributed by atoms with Gasteiger partial charge in [-0.15, -0.1) is 0 Å². The summed E-state index contributed by atoms with van der Waals surface area (Å²) in [5, 5.41) is 3.17. The van der Waals surface area contributed by atoms with E-state index in [0.717, 1.165) is 63.2 Å². The number of nitrogens with zero attached hydrogens (tertiary/aromatic N) is 3. The van der Waals surface area contributed by atoms with E-state index in [9.17, 15) is 4.79 Å². The summed E-state index contributed by atoms with van der Waals surface area (Å²) in [4.78, 5) is 19.4. The molecule has 2 fully saturated rings. The van der Waals surface area contributed by atoms with Crippen LogP contribution in [0.25, 0.3) is 0 Å². The van der Waals surface area contributed by atoms with E-state index in [0.29, 0.717) is 6.04 Å². The minimum atomic E-state index is 0.136. The third kappa shape index (κ3) is 4.81. The molecule has 1 aromatic heterocycles. The highest BCUT2D eigenvalue weighted by Gasteiger charge is 2.36. The van der Waals surface area contributed by atoms with Crippen LogP contribution in [0.15, 0.2) is 36.9 Å². The first kappa shape index (κ1) is 20.0. The fourth-order valence-corrected chi connectivity index (χ4v) is 4.87. The lowest BCUT2D eigenvalue weighted by molar-refractivity contribution is -0.126. The highest BCUT2D eigenvalue weighted by molar-refractivity contribution is 5.79. The molecule has 0 bridgehead atoms. The second-order valence-corrected chi connectivity index (χ2v) is 8.31. The van der Waals surface area contributed by atoms with Gasteiger partial charge < -0.3 is 14.6 Å². The van der Waals surface area contributed by atoms with Gasteiger partial charge in [0, 0.05) is 37.1 Å². The van der Waals surface area contributed by atoms with Crippen molar-refractivity contribution in [3.05, 3.63) is 48.0 Å². The number of nitrogens with one attached hydrogen (secondary N) is 1. The van der Waals surface area contributed by atoms with Crippen LogP contribution in [0.2, 0.25) is 0 Å². The second-order valence-electron chi connectivity index (χ2n) is 8.31. The Kier molecular flexibility index (Phi) is 6.49. The van der Waals surface area contributed by atoms with Gasteiger partial charge in [-0.1, -0.05) is 18.9 Å². The van der Waals surface area contributed by atoms with Gasteiger partial charge in [-0.3, -0.25) is 9.69 Å². The molecule has 2 atom stereocenters. The molecule has 1 amide bonds. The van der Waals surface area contributed by atoms with Gasteiger partial charge in [0.25, 0.3) is 0 Å². The van der Waals surface area contributed by atoms with E-state index >= 15 is 0 Å². The van der Waals surface area contributed by atoms with Crippen LogP contribution in [-0.2, 0) is 17.9 Å². The van der Waals surface area contributed by atoms with Crippen LogP contribution < -0.4 is 10.1 Å². The largest absolute Gasteiger partial charge is 0.496 e.